The van der Waals surface area contributed by atoms with Crippen molar-refractivity contribution >= 4 is 34.6 Å². The largest absolute Gasteiger partial charge is 0.495 e. The number of halogens is 1. The number of amides is 1. The first-order valence-electron chi connectivity index (χ1n) is 11.4. The van der Waals surface area contributed by atoms with Crippen molar-refractivity contribution in [2.75, 3.05) is 36.7 Å². The normalized spacial score (nSPS) is 9.77. The molecule has 1 amide bonds. The first-order chi connectivity index (χ1) is 18.5. The fraction of sp³-hybridized carbons (Fsp3) is 0.143. The lowest BCUT2D eigenvalue weighted by atomic mass is 10.1. The number of aromatic carboxylic acids is 1. The molecular formula is C28H31FN4O6. The molecule has 0 unspecified atom stereocenters. The van der Waals surface area contributed by atoms with Gasteiger partial charge in [-0.2, -0.15) is 0 Å². The number of hydrogen-bond donors (Lipinski definition) is 5. The van der Waals surface area contributed by atoms with Crippen LogP contribution in [0.25, 0.3) is 0 Å². The van der Waals surface area contributed by atoms with Crippen LogP contribution < -0.4 is 32.0 Å². The molecule has 0 fully saturated rings. The van der Waals surface area contributed by atoms with Gasteiger partial charge >= 0.3 is 5.97 Å². The number of furan rings is 1. The SMILES string of the molecule is COc1cc(N)c(C)cc1N.COc1cc(N)c(C)cc1NC(=O)c1ccccc1F.O=C(O)c1ccco1. The van der Waals surface area contributed by atoms with Gasteiger partial charge in [-0.3, -0.25) is 4.79 Å². The fourth-order valence-electron chi connectivity index (χ4n) is 3.11. The van der Waals surface area contributed by atoms with Gasteiger partial charge in [0.1, 0.15) is 17.3 Å². The Hall–Kier alpha value is -5.19. The number of nitrogen functional groups attached to an aromatic ring is 3. The monoisotopic (exact) mass is 538 g/mol. The van der Waals surface area contributed by atoms with Crippen LogP contribution in [0.2, 0.25) is 0 Å². The summed E-state index contributed by atoms with van der Waals surface area (Å²) in [5.74, 6) is -1.10. The smallest absolute Gasteiger partial charge is 0.371 e. The second-order valence-electron chi connectivity index (χ2n) is 8.08. The van der Waals surface area contributed by atoms with Crippen LogP contribution in [0.5, 0.6) is 11.5 Å². The molecule has 0 radical (unpaired) electrons. The predicted octanol–water partition coefficient (Wildman–Crippen LogP) is 5.12. The molecule has 8 N–H and O–H groups in total. The number of aryl methyl sites for hydroxylation is 2. The van der Waals surface area contributed by atoms with E-state index in [1.54, 1.807) is 37.4 Å². The molecule has 0 aliphatic heterocycles. The Morgan fingerprint density at radius 1 is 0.846 bits per heavy atom. The van der Waals surface area contributed by atoms with Crippen molar-refractivity contribution in [3.63, 3.8) is 0 Å². The van der Waals surface area contributed by atoms with Crippen molar-refractivity contribution in [1.82, 2.24) is 0 Å². The summed E-state index contributed by atoms with van der Waals surface area (Å²) < 4.78 is 28.2. The van der Waals surface area contributed by atoms with Gasteiger partial charge in [-0.1, -0.05) is 12.1 Å². The highest BCUT2D eigenvalue weighted by Gasteiger charge is 2.14. The van der Waals surface area contributed by atoms with Crippen LogP contribution >= 0.6 is 0 Å². The minimum Gasteiger partial charge on any atom is -0.495 e. The van der Waals surface area contributed by atoms with E-state index in [2.05, 4.69) is 9.73 Å². The molecule has 0 spiro atoms. The lowest BCUT2D eigenvalue weighted by Crippen LogP contribution is -2.14. The standard InChI is InChI=1S/C15H15FN2O2.C8H12N2O.C5H4O3/c1-9-7-13(14(20-2)8-12(9)17)18-15(19)10-5-3-4-6-11(10)16;1-5-3-7(10)8(11-2)4-6(5)9;6-5(7)4-2-1-3-8-4/h3-8H,17H2,1-2H3,(H,18,19);3-4H,9-10H2,1-2H3;1-3H,(H,6,7). The molecule has 11 heteroatoms. The summed E-state index contributed by atoms with van der Waals surface area (Å²) in [7, 11) is 3.04. The number of benzene rings is 3. The number of rotatable bonds is 5. The third kappa shape index (κ3) is 8.42. The molecule has 206 valence electrons. The molecule has 0 saturated heterocycles. The summed E-state index contributed by atoms with van der Waals surface area (Å²) in [6, 6.07) is 15.5. The number of methoxy groups -OCH3 is 2. The summed E-state index contributed by atoms with van der Waals surface area (Å²) in [6.07, 6.45) is 1.32. The van der Waals surface area contributed by atoms with E-state index in [-0.39, 0.29) is 11.3 Å². The second-order valence-corrected chi connectivity index (χ2v) is 8.08. The number of carbonyl (C=O) groups excluding carboxylic acids is 1. The molecule has 0 atom stereocenters. The van der Waals surface area contributed by atoms with Gasteiger partial charge in [0.15, 0.2) is 0 Å². The van der Waals surface area contributed by atoms with Gasteiger partial charge in [0.05, 0.1) is 37.4 Å². The molecule has 0 aliphatic rings. The number of carboxylic acid groups (broad SMARTS) is 1. The zero-order valence-electron chi connectivity index (χ0n) is 21.9. The van der Waals surface area contributed by atoms with Crippen molar-refractivity contribution in [2.45, 2.75) is 13.8 Å². The summed E-state index contributed by atoms with van der Waals surface area (Å²) >= 11 is 0. The number of carbonyl (C=O) groups is 2. The van der Waals surface area contributed by atoms with Crippen LogP contribution in [0.3, 0.4) is 0 Å². The minimum atomic E-state index is -1.03. The quantitative estimate of drug-likeness (QED) is 0.216. The third-order valence-corrected chi connectivity index (χ3v) is 5.31. The number of anilines is 4. The number of nitrogens with two attached hydrogens (primary N) is 3. The number of hydrogen-bond acceptors (Lipinski definition) is 8. The number of carboxylic acids is 1. The van der Waals surface area contributed by atoms with Gasteiger partial charge in [-0.25, -0.2) is 9.18 Å². The van der Waals surface area contributed by atoms with E-state index in [0.29, 0.717) is 34.2 Å². The summed E-state index contributed by atoms with van der Waals surface area (Å²) in [6.45, 7) is 3.72. The summed E-state index contributed by atoms with van der Waals surface area (Å²) in [5.41, 5.74) is 21.1. The van der Waals surface area contributed by atoms with Crippen LogP contribution in [0, 0.1) is 19.7 Å². The Balaban J connectivity index is 0.000000234. The van der Waals surface area contributed by atoms with Crippen molar-refractivity contribution in [1.29, 1.82) is 0 Å². The van der Waals surface area contributed by atoms with Crippen LogP contribution in [0.15, 0.2) is 71.3 Å². The highest BCUT2D eigenvalue weighted by atomic mass is 19.1. The van der Waals surface area contributed by atoms with E-state index in [0.717, 1.165) is 11.1 Å². The number of nitrogens with one attached hydrogen (secondary N) is 1. The molecule has 0 saturated carbocycles. The predicted molar refractivity (Wildman–Crippen MR) is 149 cm³/mol. The summed E-state index contributed by atoms with van der Waals surface area (Å²) in [4.78, 5) is 22.0. The van der Waals surface area contributed by atoms with E-state index >= 15 is 0 Å². The highest BCUT2D eigenvalue weighted by Crippen LogP contribution is 2.30. The van der Waals surface area contributed by atoms with Crippen LogP contribution in [0.4, 0.5) is 27.1 Å². The zero-order valence-corrected chi connectivity index (χ0v) is 21.9. The van der Waals surface area contributed by atoms with Gasteiger partial charge in [0, 0.05) is 23.5 Å². The Kier molecular flexibility index (Phi) is 10.7. The van der Waals surface area contributed by atoms with E-state index in [1.165, 1.54) is 43.7 Å². The molecule has 10 nitrogen and oxygen atoms in total. The Labute approximate surface area is 225 Å². The van der Waals surface area contributed by atoms with Crippen LogP contribution in [0.1, 0.15) is 32.0 Å². The maximum absolute atomic E-state index is 13.6. The average molecular weight is 539 g/mol. The third-order valence-electron chi connectivity index (χ3n) is 5.31. The Morgan fingerprint density at radius 3 is 1.95 bits per heavy atom. The van der Waals surface area contributed by atoms with Crippen LogP contribution in [-0.2, 0) is 0 Å². The van der Waals surface area contributed by atoms with Gasteiger partial charge in [0.25, 0.3) is 5.91 Å². The van der Waals surface area contributed by atoms with Crippen LogP contribution in [-0.4, -0.2) is 31.2 Å². The van der Waals surface area contributed by atoms with E-state index < -0.39 is 17.7 Å². The molecule has 1 aromatic heterocycles. The Bertz CT molecular complexity index is 1420. The van der Waals surface area contributed by atoms with Crippen molar-refractivity contribution in [3.05, 3.63) is 95.2 Å². The van der Waals surface area contributed by atoms with Crippen molar-refractivity contribution in [2.24, 2.45) is 0 Å². The second kappa shape index (κ2) is 13.9. The maximum Gasteiger partial charge on any atom is 0.371 e. The molecule has 3 aromatic carbocycles. The van der Waals surface area contributed by atoms with E-state index in [4.69, 9.17) is 31.8 Å². The average Bonchev–Trinajstić information content (AvgIpc) is 3.45. The van der Waals surface area contributed by atoms with Crippen molar-refractivity contribution in [3.8, 4) is 11.5 Å². The first kappa shape index (κ1) is 30.0. The van der Waals surface area contributed by atoms with Gasteiger partial charge in [-0.05, 0) is 61.4 Å². The molecule has 0 bridgehead atoms. The Morgan fingerprint density at radius 2 is 1.44 bits per heavy atom. The highest BCUT2D eigenvalue weighted by molar-refractivity contribution is 6.05. The first-order valence-corrected chi connectivity index (χ1v) is 11.4. The maximum atomic E-state index is 13.6. The minimum absolute atomic E-state index is 0.0231. The molecule has 0 aliphatic carbocycles. The summed E-state index contributed by atoms with van der Waals surface area (Å²) in [5, 5.41) is 10.8. The number of ether oxygens (including phenoxy) is 2. The zero-order chi connectivity index (χ0) is 29.1. The van der Waals surface area contributed by atoms with E-state index in [1.807, 2.05) is 13.8 Å². The van der Waals surface area contributed by atoms with E-state index in [9.17, 15) is 14.0 Å². The topological polar surface area (TPSA) is 176 Å². The molecular weight excluding hydrogens is 507 g/mol. The lowest BCUT2D eigenvalue weighted by Gasteiger charge is -2.13. The molecule has 4 aromatic rings. The lowest BCUT2D eigenvalue weighted by molar-refractivity contribution is 0.0662. The fourth-order valence-corrected chi connectivity index (χ4v) is 3.11. The molecule has 4 rings (SSSR count). The van der Waals surface area contributed by atoms with Gasteiger partial charge < -0.3 is 41.5 Å². The van der Waals surface area contributed by atoms with Gasteiger partial charge in [-0.15, -0.1) is 0 Å². The van der Waals surface area contributed by atoms with Crippen molar-refractivity contribution < 1.29 is 33.0 Å². The molecule has 39 heavy (non-hydrogen) atoms. The van der Waals surface area contributed by atoms with Gasteiger partial charge in [0.2, 0.25) is 5.76 Å². The molecule has 1 heterocycles.